The van der Waals surface area contributed by atoms with Crippen LogP contribution >= 0.6 is 0 Å². The predicted molar refractivity (Wildman–Crippen MR) is 77.2 cm³/mol. The quantitative estimate of drug-likeness (QED) is 0.900. The van der Waals surface area contributed by atoms with Gasteiger partial charge in [0.1, 0.15) is 5.52 Å². The maximum absolute atomic E-state index is 12.4. The molecule has 21 heavy (non-hydrogen) atoms. The van der Waals surface area contributed by atoms with E-state index in [2.05, 4.69) is 20.3 Å². The second-order valence-electron chi connectivity index (χ2n) is 5.83. The standard InChI is InChI=1S/C15H18N4O2/c20-15(18-10-3-5-21-6-4-10)11-7-16-14-13(11)19-12(8-17-14)9-1-2-9/h7-10H,1-6H2,(H,16,17)(H,18,20). The number of carbonyl (C=O) groups excluding carboxylic acids is 1. The summed E-state index contributed by atoms with van der Waals surface area (Å²) in [5.74, 6) is 0.457. The van der Waals surface area contributed by atoms with Crippen LogP contribution in [-0.2, 0) is 4.74 Å². The molecule has 0 spiro atoms. The first-order valence-corrected chi connectivity index (χ1v) is 7.54. The van der Waals surface area contributed by atoms with Crippen molar-refractivity contribution in [1.82, 2.24) is 20.3 Å². The minimum absolute atomic E-state index is 0.0737. The number of nitrogens with one attached hydrogen (secondary N) is 2. The summed E-state index contributed by atoms with van der Waals surface area (Å²) in [6, 6.07) is 0.191. The van der Waals surface area contributed by atoms with Gasteiger partial charge in [-0.3, -0.25) is 4.79 Å². The Morgan fingerprint density at radius 2 is 2.10 bits per heavy atom. The van der Waals surface area contributed by atoms with Crippen molar-refractivity contribution in [2.75, 3.05) is 13.2 Å². The van der Waals surface area contributed by atoms with Crippen LogP contribution in [0.2, 0.25) is 0 Å². The Kier molecular flexibility index (Phi) is 3.11. The molecule has 0 aromatic carbocycles. The molecule has 2 aliphatic rings. The van der Waals surface area contributed by atoms with Crippen LogP contribution < -0.4 is 5.32 Å². The monoisotopic (exact) mass is 286 g/mol. The number of aromatic nitrogens is 3. The van der Waals surface area contributed by atoms with Crippen molar-refractivity contribution < 1.29 is 9.53 Å². The van der Waals surface area contributed by atoms with Crippen LogP contribution in [0.1, 0.15) is 47.7 Å². The molecule has 2 aromatic rings. The number of ether oxygens (including phenoxy) is 1. The third kappa shape index (κ3) is 2.51. The molecule has 4 rings (SSSR count). The second-order valence-corrected chi connectivity index (χ2v) is 5.83. The van der Waals surface area contributed by atoms with Gasteiger partial charge in [0, 0.05) is 31.4 Å². The number of fused-ring (bicyclic) bond motifs is 1. The van der Waals surface area contributed by atoms with E-state index in [4.69, 9.17) is 4.74 Å². The summed E-state index contributed by atoms with van der Waals surface area (Å²) < 4.78 is 5.31. The van der Waals surface area contributed by atoms with E-state index in [1.807, 2.05) is 6.20 Å². The molecule has 110 valence electrons. The number of rotatable bonds is 3. The normalized spacial score (nSPS) is 19.8. The van der Waals surface area contributed by atoms with E-state index in [1.165, 1.54) is 12.8 Å². The highest BCUT2D eigenvalue weighted by molar-refractivity contribution is 6.04. The fourth-order valence-electron chi connectivity index (χ4n) is 2.76. The molecule has 2 N–H and O–H groups in total. The van der Waals surface area contributed by atoms with Crippen LogP contribution in [0, 0.1) is 0 Å². The lowest BCUT2D eigenvalue weighted by molar-refractivity contribution is 0.0697. The van der Waals surface area contributed by atoms with Gasteiger partial charge in [0.25, 0.3) is 5.91 Å². The first-order chi connectivity index (χ1) is 10.3. The summed E-state index contributed by atoms with van der Waals surface area (Å²) in [6.07, 6.45) is 7.61. The average molecular weight is 286 g/mol. The molecule has 1 aliphatic carbocycles. The van der Waals surface area contributed by atoms with Crippen molar-refractivity contribution in [3.63, 3.8) is 0 Å². The molecule has 6 heteroatoms. The zero-order chi connectivity index (χ0) is 14.2. The smallest absolute Gasteiger partial charge is 0.255 e. The molecule has 2 aromatic heterocycles. The van der Waals surface area contributed by atoms with E-state index >= 15 is 0 Å². The SMILES string of the molecule is O=C(NC1CCOCC1)c1c[nH]c2ncc(C3CC3)nc12. The Balaban J connectivity index is 1.59. The lowest BCUT2D eigenvalue weighted by Crippen LogP contribution is -2.38. The molecule has 6 nitrogen and oxygen atoms in total. The third-order valence-corrected chi connectivity index (χ3v) is 4.20. The lowest BCUT2D eigenvalue weighted by atomic mass is 10.1. The zero-order valence-corrected chi connectivity index (χ0v) is 11.8. The van der Waals surface area contributed by atoms with Crippen LogP contribution in [0.5, 0.6) is 0 Å². The van der Waals surface area contributed by atoms with Crippen molar-refractivity contribution in [2.24, 2.45) is 0 Å². The molecule has 1 saturated carbocycles. The minimum atomic E-state index is -0.0737. The molecular weight excluding hydrogens is 268 g/mol. The van der Waals surface area contributed by atoms with Crippen LogP contribution in [0.4, 0.5) is 0 Å². The summed E-state index contributed by atoms with van der Waals surface area (Å²) in [5.41, 5.74) is 2.95. The van der Waals surface area contributed by atoms with E-state index < -0.39 is 0 Å². The molecule has 2 fully saturated rings. The molecular formula is C15H18N4O2. The van der Waals surface area contributed by atoms with Gasteiger partial charge < -0.3 is 15.0 Å². The van der Waals surface area contributed by atoms with Gasteiger partial charge in [0.05, 0.1) is 17.5 Å². The average Bonchev–Trinajstić information content (AvgIpc) is 3.27. The number of nitrogens with zero attached hydrogens (tertiary/aromatic N) is 2. The van der Waals surface area contributed by atoms with Gasteiger partial charge in [-0.1, -0.05) is 0 Å². The Morgan fingerprint density at radius 3 is 2.86 bits per heavy atom. The van der Waals surface area contributed by atoms with Crippen LogP contribution in [0.3, 0.4) is 0 Å². The van der Waals surface area contributed by atoms with E-state index in [0.29, 0.717) is 35.9 Å². The molecule has 1 saturated heterocycles. The fraction of sp³-hybridized carbons (Fsp3) is 0.533. The summed E-state index contributed by atoms with van der Waals surface area (Å²) in [4.78, 5) is 24.5. The summed E-state index contributed by atoms with van der Waals surface area (Å²) in [5, 5.41) is 3.07. The Bertz CT molecular complexity index is 671. The molecule has 3 heterocycles. The van der Waals surface area contributed by atoms with Crippen molar-refractivity contribution in [2.45, 2.75) is 37.6 Å². The van der Waals surface area contributed by atoms with Gasteiger partial charge in [0.15, 0.2) is 5.65 Å². The molecule has 0 unspecified atom stereocenters. The largest absolute Gasteiger partial charge is 0.381 e. The lowest BCUT2D eigenvalue weighted by Gasteiger charge is -2.22. The molecule has 0 atom stereocenters. The molecule has 0 bridgehead atoms. The predicted octanol–water partition coefficient (Wildman–Crippen LogP) is 1.74. The van der Waals surface area contributed by atoms with E-state index in [-0.39, 0.29) is 11.9 Å². The number of hydrogen-bond donors (Lipinski definition) is 2. The second kappa shape index (κ2) is 5.11. The van der Waals surface area contributed by atoms with E-state index in [1.54, 1.807) is 6.20 Å². The summed E-state index contributed by atoms with van der Waals surface area (Å²) in [6.45, 7) is 1.43. The Hall–Kier alpha value is -1.95. The van der Waals surface area contributed by atoms with Crippen molar-refractivity contribution in [3.05, 3.63) is 23.7 Å². The van der Waals surface area contributed by atoms with Gasteiger partial charge >= 0.3 is 0 Å². The van der Waals surface area contributed by atoms with Gasteiger partial charge in [-0.15, -0.1) is 0 Å². The highest BCUT2D eigenvalue weighted by atomic mass is 16.5. The van der Waals surface area contributed by atoms with E-state index in [9.17, 15) is 4.79 Å². The highest BCUT2D eigenvalue weighted by Gasteiger charge is 2.27. The number of hydrogen-bond acceptors (Lipinski definition) is 4. The maximum atomic E-state index is 12.4. The van der Waals surface area contributed by atoms with Gasteiger partial charge in [-0.2, -0.15) is 0 Å². The summed E-state index contributed by atoms with van der Waals surface area (Å²) >= 11 is 0. The first kappa shape index (κ1) is 12.8. The minimum Gasteiger partial charge on any atom is -0.381 e. The fourth-order valence-corrected chi connectivity index (χ4v) is 2.76. The highest BCUT2D eigenvalue weighted by Crippen LogP contribution is 2.39. The third-order valence-electron chi connectivity index (χ3n) is 4.20. The van der Waals surface area contributed by atoms with Crippen LogP contribution in [0.15, 0.2) is 12.4 Å². The van der Waals surface area contributed by atoms with Gasteiger partial charge in [0.2, 0.25) is 0 Å². The maximum Gasteiger partial charge on any atom is 0.255 e. The number of carbonyl (C=O) groups is 1. The number of aromatic amines is 1. The first-order valence-electron chi connectivity index (χ1n) is 7.54. The van der Waals surface area contributed by atoms with E-state index in [0.717, 1.165) is 18.5 Å². The summed E-state index contributed by atoms with van der Waals surface area (Å²) in [7, 11) is 0. The van der Waals surface area contributed by atoms with Gasteiger partial charge in [-0.05, 0) is 25.7 Å². The van der Waals surface area contributed by atoms with Crippen LogP contribution in [0.25, 0.3) is 11.2 Å². The van der Waals surface area contributed by atoms with Crippen molar-refractivity contribution in [1.29, 1.82) is 0 Å². The van der Waals surface area contributed by atoms with Crippen molar-refractivity contribution in [3.8, 4) is 0 Å². The zero-order valence-electron chi connectivity index (χ0n) is 11.8. The molecule has 1 amide bonds. The Labute approximate surface area is 122 Å². The topological polar surface area (TPSA) is 79.9 Å². The Morgan fingerprint density at radius 1 is 1.29 bits per heavy atom. The molecule has 0 radical (unpaired) electrons. The van der Waals surface area contributed by atoms with Gasteiger partial charge in [-0.25, -0.2) is 9.97 Å². The molecule has 1 aliphatic heterocycles. The van der Waals surface area contributed by atoms with Crippen LogP contribution in [-0.4, -0.2) is 40.1 Å². The number of H-pyrrole nitrogens is 1. The van der Waals surface area contributed by atoms with Crippen molar-refractivity contribution >= 4 is 17.1 Å². The number of amides is 1.